The molecule has 0 aliphatic heterocycles. The Morgan fingerprint density at radius 2 is 1.67 bits per heavy atom. The van der Waals surface area contributed by atoms with Gasteiger partial charge in [0.15, 0.2) is 0 Å². The van der Waals surface area contributed by atoms with Crippen molar-refractivity contribution < 1.29 is 8.42 Å². The molecule has 0 saturated heterocycles. The molecule has 2 N–H and O–H groups in total. The van der Waals surface area contributed by atoms with E-state index in [9.17, 15) is 13.7 Å². The van der Waals surface area contributed by atoms with Crippen LogP contribution in [0.1, 0.15) is 5.56 Å². The molecule has 4 aromatic rings. The van der Waals surface area contributed by atoms with Crippen LogP contribution < -0.4 is 5.14 Å². The first-order valence-electron chi connectivity index (χ1n) is 8.85. The number of halogens is 1. The van der Waals surface area contributed by atoms with Crippen molar-refractivity contribution >= 4 is 21.6 Å². The maximum Gasteiger partial charge on any atom is 0.240 e. The van der Waals surface area contributed by atoms with Crippen LogP contribution in [0, 0.1) is 11.3 Å². The number of para-hydroxylation sites is 1. The molecular weight excluding hydrogens is 420 g/mol. The molecule has 148 valence electrons. The molecule has 4 rings (SSSR count). The number of nitrogens with two attached hydrogens (primary N) is 1. The summed E-state index contributed by atoms with van der Waals surface area (Å²) in [4.78, 5) is -0.0477. The average Bonchev–Trinajstić information content (AvgIpc) is 3.19. The zero-order valence-corrected chi connectivity index (χ0v) is 17.1. The molecule has 0 unspecified atom stereocenters. The summed E-state index contributed by atoms with van der Waals surface area (Å²) in [6.45, 7) is 0. The smallest absolute Gasteiger partial charge is 0.231 e. The molecule has 0 spiro atoms. The number of nitriles is 1. The van der Waals surface area contributed by atoms with E-state index in [2.05, 4.69) is 11.2 Å². The van der Waals surface area contributed by atoms with E-state index in [-0.39, 0.29) is 4.90 Å². The molecule has 0 fully saturated rings. The van der Waals surface area contributed by atoms with Crippen molar-refractivity contribution in [2.45, 2.75) is 4.90 Å². The monoisotopic (exact) mass is 434 g/mol. The van der Waals surface area contributed by atoms with Gasteiger partial charge in [-0.1, -0.05) is 48.0 Å². The summed E-state index contributed by atoms with van der Waals surface area (Å²) in [5, 5.41) is 20.0. The summed E-state index contributed by atoms with van der Waals surface area (Å²) in [5.41, 5.74) is 3.56. The number of hydrogen-bond acceptors (Lipinski definition) is 4. The molecule has 1 aromatic heterocycles. The van der Waals surface area contributed by atoms with Crippen molar-refractivity contribution in [2.24, 2.45) is 5.14 Å². The highest BCUT2D eigenvalue weighted by molar-refractivity contribution is 7.89. The Bertz CT molecular complexity index is 1390. The lowest BCUT2D eigenvalue weighted by atomic mass is 10.1. The van der Waals surface area contributed by atoms with Crippen molar-refractivity contribution in [3.63, 3.8) is 0 Å². The van der Waals surface area contributed by atoms with Gasteiger partial charge in [-0.2, -0.15) is 10.4 Å². The summed E-state index contributed by atoms with van der Waals surface area (Å²) in [6.07, 6.45) is 0. The van der Waals surface area contributed by atoms with Gasteiger partial charge < -0.3 is 0 Å². The summed E-state index contributed by atoms with van der Waals surface area (Å²) in [6, 6.07) is 24.5. The summed E-state index contributed by atoms with van der Waals surface area (Å²) >= 11 is 5.99. The van der Waals surface area contributed by atoms with Crippen LogP contribution >= 0.6 is 11.6 Å². The molecule has 3 aromatic carbocycles. The van der Waals surface area contributed by atoms with Gasteiger partial charge in [-0.3, -0.25) is 0 Å². The summed E-state index contributed by atoms with van der Waals surface area (Å²) in [5.74, 6) is 0. The molecule has 0 amide bonds. The van der Waals surface area contributed by atoms with Gasteiger partial charge in [-0.05, 0) is 42.5 Å². The molecule has 0 radical (unpaired) electrons. The quantitative estimate of drug-likeness (QED) is 0.514. The lowest BCUT2D eigenvalue weighted by Crippen LogP contribution is -2.16. The lowest BCUT2D eigenvalue weighted by molar-refractivity contribution is 0.596. The van der Waals surface area contributed by atoms with Crippen LogP contribution in [-0.2, 0) is 10.0 Å². The van der Waals surface area contributed by atoms with Crippen LogP contribution in [0.2, 0.25) is 5.02 Å². The standard InChI is InChI=1S/C22H15ClN4O2S/c23-18-10-8-16(9-11-18)19-13-21(17-5-3-4-15(12-17)14-24)27(26-19)20-6-1-2-7-22(20)30(25,28)29/h1-13H,(H2,25,28,29). The summed E-state index contributed by atoms with van der Waals surface area (Å²) < 4.78 is 25.9. The minimum Gasteiger partial charge on any atom is -0.231 e. The van der Waals surface area contributed by atoms with Gasteiger partial charge in [-0.25, -0.2) is 18.2 Å². The Morgan fingerprint density at radius 1 is 0.933 bits per heavy atom. The zero-order valence-electron chi connectivity index (χ0n) is 15.5. The minimum atomic E-state index is -3.99. The first-order chi connectivity index (χ1) is 14.4. The molecule has 0 atom stereocenters. The van der Waals surface area contributed by atoms with Gasteiger partial charge in [-0.15, -0.1) is 0 Å². The highest BCUT2D eigenvalue weighted by atomic mass is 35.5. The van der Waals surface area contributed by atoms with Crippen molar-refractivity contribution in [3.05, 3.63) is 89.4 Å². The van der Waals surface area contributed by atoms with E-state index in [1.807, 2.05) is 24.3 Å². The Kier molecular flexibility index (Phi) is 5.14. The number of aromatic nitrogens is 2. The number of nitrogens with zero attached hydrogens (tertiary/aromatic N) is 3. The minimum absolute atomic E-state index is 0.0477. The molecule has 0 aliphatic carbocycles. The van der Waals surface area contributed by atoms with Crippen molar-refractivity contribution in [2.75, 3.05) is 0 Å². The van der Waals surface area contributed by atoms with Crippen LogP contribution in [0.25, 0.3) is 28.2 Å². The number of primary sulfonamides is 1. The van der Waals surface area contributed by atoms with Crippen LogP contribution in [-0.4, -0.2) is 18.2 Å². The van der Waals surface area contributed by atoms with E-state index in [0.717, 1.165) is 5.56 Å². The predicted molar refractivity (Wildman–Crippen MR) is 116 cm³/mol. The fourth-order valence-corrected chi connectivity index (χ4v) is 3.99. The second-order valence-electron chi connectivity index (χ2n) is 6.54. The van der Waals surface area contributed by atoms with Crippen molar-refractivity contribution in [1.29, 1.82) is 5.26 Å². The molecule has 6 nitrogen and oxygen atoms in total. The van der Waals surface area contributed by atoms with E-state index in [4.69, 9.17) is 16.7 Å². The SMILES string of the molecule is N#Cc1cccc(-c2cc(-c3ccc(Cl)cc3)nn2-c2ccccc2S(N)(=O)=O)c1. The number of hydrogen-bond donors (Lipinski definition) is 1. The Hall–Kier alpha value is -3.44. The molecule has 1 heterocycles. The van der Waals surface area contributed by atoms with Crippen LogP contribution in [0.5, 0.6) is 0 Å². The number of sulfonamides is 1. The van der Waals surface area contributed by atoms with Gasteiger partial charge in [0, 0.05) is 16.1 Å². The first kappa shape index (κ1) is 19.9. The Labute approximate surface area is 178 Å². The normalized spacial score (nSPS) is 11.2. The second-order valence-corrected chi connectivity index (χ2v) is 8.51. The van der Waals surface area contributed by atoms with Gasteiger partial charge in [0.2, 0.25) is 10.0 Å². The average molecular weight is 435 g/mol. The maximum absolute atomic E-state index is 12.2. The zero-order chi connectivity index (χ0) is 21.3. The molecule has 0 aliphatic rings. The topological polar surface area (TPSA) is 102 Å². The fraction of sp³-hybridized carbons (Fsp3) is 0. The number of benzene rings is 3. The highest BCUT2D eigenvalue weighted by Gasteiger charge is 2.20. The Balaban J connectivity index is 2.00. The molecular formula is C22H15ClN4O2S. The van der Waals surface area contributed by atoms with Gasteiger partial charge in [0.1, 0.15) is 4.90 Å². The molecule has 30 heavy (non-hydrogen) atoms. The third-order valence-corrected chi connectivity index (χ3v) is 5.75. The van der Waals surface area contributed by atoms with Gasteiger partial charge in [0.25, 0.3) is 0 Å². The van der Waals surface area contributed by atoms with Crippen molar-refractivity contribution in [3.8, 4) is 34.3 Å². The van der Waals surface area contributed by atoms with E-state index in [1.54, 1.807) is 48.5 Å². The first-order valence-corrected chi connectivity index (χ1v) is 10.8. The molecule has 0 bridgehead atoms. The second kappa shape index (κ2) is 7.76. The van der Waals surface area contributed by atoms with Crippen LogP contribution in [0.15, 0.2) is 83.8 Å². The highest BCUT2D eigenvalue weighted by Crippen LogP contribution is 2.31. The van der Waals surface area contributed by atoms with E-state index in [0.29, 0.717) is 33.2 Å². The fourth-order valence-electron chi connectivity index (χ4n) is 3.15. The van der Waals surface area contributed by atoms with Crippen LogP contribution in [0.3, 0.4) is 0 Å². The third kappa shape index (κ3) is 3.84. The number of rotatable bonds is 4. The molecule has 0 saturated carbocycles. The Morgan fingerprint density at radius 3 is 2.37 bits per heavy atom. The maximum atomic E-state index is 12.2. The van der Waals surface area contributed by atoms with Crippen molar-refractivity contribution in [1.82, 2.24) is 9.78 Å². The third-order valence-electron chi connectivity index (χ3n) is 4.54. The largest absolute Gasteiger partial charge is 0.240 e. The van der Waals surface area contributed by atoms with E-state index < -0.39 is 10.0 Å². The van der Waals surface area contributed by atoms with Crippen LogP contribution in [0.4, 0.5) is 0 Å². The van der Waals surface area contributed by atoms with E-state index in [1.165, 1.54) is 10.7 Å². The molecule has 8 heteroatoms. The van der Waals surface area contributed by atoms with E-state index >= 15 is 0 Å². The predicted octanol–water partition coefficient (Wildman–Crippen LogP) is 4.38. The summed E-state index contributed by atoms with van der Waals surface area (Å²) in [7, 11) is -3.99. The lowest BCUT2D eigenvalue weighted by Gasteiger charge is -2.11. The van der Waals surface area contributed by atoms with Gasteiger partial charge in [0.05, 0.1) is 28.7 Å². The van der Waals surface area contributed by atoms with Gasteiger partial charge >= 0.3 is 0 Å².